The number of carbonyl (C=O) groups is 3. The fraction of sp³-hybridized carbons (Fsp3) is 0.227. The van der Waals surface area contributed by atoms with Gasteiger partial charge in [0.1, 0.15) is 0 Å². The van der Waals surface area contributed by atoms with Gasteiger partial charge >= 0.3 is 11.9 Å². The maximum absolute atomic E-state index is 11.5. The molecule has 4 rings (SSSR count). The van der Waals surface area contributed by atoms with Gasteiger partial charge in [-0.25, -0.2) is 9.59 Å². The van der Waals surface area contributed by atoms with E-state index in [4.69, 9.17) is 4.74 Å². The number of rotatable bonds is 3. The standard InChI is InChI=1S/C11H10N2O3.C11H12N2O2/c1-13-10-8(11(15)16-2)4-3-7(6-14)9(10)5-12-13;1-7-4-5-8(11(14)15-3)10-9(7)6-12-13(10)2/h3-6H,1-2H3;4-6H,1-3H3. The van der Waals surface area contributed by atoms with Crippen LogP contribution in [0.25, 0.3) is 21.8 Å². The Morgan fingerprint density at radius 1 is 0.839 bits per heavy atom. The molecule has 0 atom stereocenters. The van der Waals surface area contributed by atoms with Gasteiger partial charge in [0.25, 0.3) is 0 Å². The summed E-state index contributed by atoms with van der Waals surface area (Å²) in [6.07, 6.45) is 4.06. The van der Waals surface area contributed by atoms with Crippen LogP contribution in [0.3, 0.4) is 0 Å². The molecule has 0 radical (unpaired) electrons. The molecule has 4 aromatic rings. The fourth-order valence-corrected chi connectivity index (χ4v) is 3.38. The number of aryl methyl sites for hydroxylation is 3. The zero-order valence-corrected chi connectivity index (χ0v) is 17.9. The summed E-state index contributed by atoms with van der Waals surface area (Å²) in [5, 5.41) is 9.81. The van der Waals surface area contributed by atoms with Gasteiger partial charge in [-0.05, 0) is 24.6 Å². The molecule has 0 N–H and O–H groups in total. The quantitative estimate of drug-likeness (QED) is 0.369. The molecule has 160 valence electrons. The molecule has 31 heavy (non-hydrogen) atoms. The van der Waals surface area contributed by atoms with E-state index in [0.29, 0.717) is 27.6 Å². The van der Waals surface area contributed by atoms with Crippen molar-refractivity contribution in [2.75, 3.05) is 14.2 Å². The van der Waals surface area contributed by atoms with Gasteiger partial charge in [0.2, 0.25) is 0 Å². The number of aldehydes is 1. The Labute approximate surface area is 178 Å². The topological polar surface area (TPSA) is 105 Å². The predicted molar refractivity (Wildman–Crippen MR) is 114 cm³/mol. The largest absolute Gasteiger partial charge is 0.465 e. The van der Waals surface area contributed by atoms with Gasteiger partial charge in [0, 0.05) is 30.4 Å². The van der Waals surface area contributed by atoms with Crippen LogP contribution < -0.4 is 0 Å². The second kappa shape index (κ2) is 8.78. The minimum atomic E-state index is -0.439. The van der Waals surface area contributed by atoms with Gasteiger partial charge in [0.05, 0.1) is 48.8 Å². The zero-order valence-electron chi connectivity index (χ0n) is 17.9. The van der Waals surface area contributed by atoms with Gasteiger partial charge in [0.15, 0.2) is 6.29 Å². The molecule has 0 saturated carbocycles. The molecule has 0 spiro atoms. The molecule has 0 aliphatic carbocycles. The normalized spacial score (nSPS) is 10.5. The highest BCUT2D eigenvalue weighted by Crippen LogP contribution is 2.23. The van der Waals surface area contributed by atoms with E-state index in [1.165, 1.54) is 14.2 Å². The van der Waals surface area contributed by atoms with Crippen molar-refractivity contribution in [3.63, 3.8) is 0 Å². The SMILES string of the molecule is COC(=O)c1ccc(C)c2cnn(C)c12.COC(=O)c1ccc(C=O)c2cnn(C)c12. The lowest BCUT2D eigenvalue weighted by atomic mass is 10.1. The first-order valence-electron chi connectivity index (χ1n) is 9.31. The highest BCUT2D eigenvalue weighted by Gasteiger charge is 2.16. The molecule has 0 fully saturated rings. The van der Waals surface area contributed by atoms with Crippen LogP contribution in [-0.4, -0.2) is 52.0 Å². The molecule has 9 heteroatoms. The highest BCUT2D eigenvalue weighted by atomic mass is 16.5. The van der Waals surface area contributed by atoms with E-state index >= 15 is 0 Å². The molecule has 0 aliphatic rings. The average Bonchev–Trinajstić information content (AvgIpc) is 3.37. The van der Waals surface area contributed by atoms with E-state index in [1.54, 1.807) is 47.0 Å². The Balaban J connectivity index is 0.000000176. The van der Waals surface area contributed by atoms with Gasteiger partial charge in [-0.15, -0.1) is 0 Å². The first kappa shape index (κ1) is 21.7. The van der Waals surface area contributed by atoms with Gasteiger partial charge in [-0.1, -0.05) is 12.1 Å². The third-order valence-electron chi connectivity index (χ3n) is 4.99. The number of ether oxygens (including phenoxy) is 2. The predicted octanol–water partition coefficient (Wildman–Crippen LogP) is 2.84. The fourth-order valence-electron chi connectivity index (χ4n) is 3.38. The third kappa shape index (κ3) is 3.89. The number of hydrogen-bond donors (Lipinski definition) is 0. The Morgan fingerprint density at radius 2 is 1.32 bits per heavy atom. The maximum Gasteiger partial charge on any atom is 0.340 e. The van der Waals surface area contributed by atoms with E-state index in [0.717, 1.165) is 22.8 Å². The summed E-state index contributed by atoms with van der Waals surface area (Å²) >= 11 is 0. The molecular weight excluding hydrogens is 400 g/mol. The minimum absolute atomic E-state index is 0.330. The summed E-state index contributed by atoms with van der Waals surface area (Å²) in [5.74, 6) is -0.769. The Kier molecular flexibility index (Phi) is 6.15. The summed E-state index contributed by atoms with van der Waals surface area (Å²) in [7, 11) is 6.22. The summed E-state index contributed by atoms with van der Waals surface area (Å²) in [5.41, 5.74) is 4.00. The van der Waals surface area contributed by atoms with E-state index in [1.807, 2.05) is 20.0 Å². The number of methoxy groups -OCH3 is 2. The number of fused-ring (bicyclic) bond motifs is 2. The van der Waals surface area contributed by atoms with Gasteiger partial charge in [-0.2, -0.15) is 10.2 Å². The van der Waals surface area contributed by atoms with Crippen LogP contribution in [-0.2, 0) is 23.6 Å². The number of hydrogen-bond acceptors (Lipinski definition) is 7. The number of benzene rings is 2. The summed E-state index contributed by atoms with van der Waals surface area (Å²) in [6.45, 7) is 1.99. The first-order chi connectivity index (χ1) is 14.8. The van der Waals surface area contributed by atoms with Crippen LogP contribution in [0.2, 0.25) is 0 Å². The molecule has 0 unspecified atom stereocenters. The molecule has 2 aromatic heterocycles. The van der Waals surface area contributed by atoms with Crippen molar-refractivity contribution in [2.24, 2.45) is 14.1 Å². The van der Waals surface area contributed by atoms with Crippen molar-refractivity contribution >= 4 is 40.0 Å². The molecule has 0 saturated heterocycles. The molecule has 0 aliphatic heterocycles. The van der Waals surface area contributed by atoms with Crippen LogP contribution in [0, 0.1) is 6.92 Å². The van der Waals surface area contributed by atoms with Gasteiger partial charge < -0.3 is 9.47 Å². The monoisotopic (exact) mass is 422 g/mol. The Hall–Kier alpha value is -4.01. The minimum Gasteiger partial charge on any atom is -0.465 e. The highest BCUT2D eigenvalue weighted by molar-refractivity contribution is 6.07. The number of nitrogens with zero attached hydrogens (tertiary/aromatic N) is 4. The van der Waals surface area contributed by atoms with Crippen LogP contribution in [0.15, 0.2) is 36.7 Å². The summed E-state index contributed by atoms with van der Waals surface area (Å²) in [4.78, 5) is 33.9. The Bertz CT molecular complexity index is 1300. The van der Waals surface area contributed by atoms with Crippen molar-refractivity contribution in [3.05, 3.63) is 58.9 Å². The second-order valence-corrected chi connectivity index (χ2v) is 6.79. The molecule has 0 bridgehead atoms. The molecule has 2 aromatic carbocycles. The molecule has 0 amide bonds. The van der Waals surface area contributed by atoms with E-state index in [9.17, 15) is 14.4 Å². The molecule has 9 nitrogen and oxygen atoms in total. The third-order valence-corrected chi connectivity index (χ3v) is 4.99. The summed E-state index contributed by atoms with van der Waals surface area (Å²) in [6, 6.07) is 6.82. The zero-order chi connectivity index (χ0) is 22.7. The number of esters is 2. The van der Waals surface area contributed by atoms with E-state index in [2.05, 4.69) is 14.9 Å². The van der Waals surface area contributed by atoms with E-state index in [-0.39, 0.29) is 5.97 Å². The van der Waals surface area contributed by atoms with Crippen molar-refractivity contribution in [3.8, 4) is 0 Å². The lowest BCUT2D eigenvalue weighted by Gasteiger charge is -2.04. The van der Waals surface area contributed by atoms with Crippen molar-refractivity contribution in [1.82, 2.24) is 19.6 Å². The second-order valence-electron chi connectivity index (χ2n) is 6.79. The Morgan fingerprint density at radius 3 is 1.84 bits per heavy atom. The maximum atomic E-state index is 11.5. The first-order valence-corrected chi connectivity index (χ1v) is 9.31. The lowest BCUT2D eigenvalue weighted by Crippen LogP contribution is -2.05. The lowest BCUT2D eigenvalue weighted by molar-refractivity contribution is 0.0593. The average molecular weight is 422 g/mol. The van der Waals surface area contributed by atoms with Crippen molar-refractivity contribution in [1.29, 1.82) is 0 Å². The smallest absolute Gasteiger partial charge is 0.340 e. The number of aromatic nitrogens is 4. The van der Waals surface area contributed by atoms with Crippen LogP contribution in [0.4, 0.5) is 0 Å². The molecular formula is C22H22N4O5. The van der Waals surface area contributed by atoms with E-state index < -0.39 is 5.97 Å². The van der Waals surface area contributed by atoms with Crippen LogP contribution in [0.1, 0.15) is 36.6 Å². The van der Waals surface area contributed by atoms with Crippen molar-refractivity contribution in [2.45, 2.75) is 6.92 Å². The van der Waals surface area contributed by atoms with Crippen LogP contribution >= 0.6 is 0 Å². The van der Waals surface area contributed by atoms with Gasteiger partial charge in [-0.3, -0.25) is 14.2 Å². The molecule has 2 heterocycles. The summed E-state index contributed by atoms with van der Waals surface area (Å²) < 4.78 is 12.6. The van der Waals surface area contributed by atoms with Crippen molar-refractivity contribution < 1.29 is 23.9 Å². The van der Waals surface area contributed by atoms with Crippen LogP contribution in [0.5, 0.6) is 0 Å². The number of carbonyl (C=O) groups excluding carboxylic acids is 3.